The van der Waals surface area contributed by atoms with Gasteiger partial charge in [-0.1, -0.05) is 11.6 Å². The second kappa shape index (κ2) is 4.18. The minimum atomic E-state index is -0.476. The van der Waals surface area contributed by atoms with Crippen molar-refractivity contribution in [1.82, 2.24) is 15.1 Å². The van der Waals surface area contributed by atoms with Crippen LogP contribution in [0.25, 0.3) is 0 Å². The van der Waals surface area contributed by atoms with Gasteiger partial charge in [0.1, 0.15) is 5.41 Å². The molecule has 1 aromatic rings. The monoisotopic (exact) mass is 262 g/mol. The third-order valence-electron chi connectivity index (χ3n) is 4.49. The van der Waals surface area contributed by atoms with E-state index in [1.807, 2.05) is 6.07 Å². The number of piperidine rings is 1. The van der Waals surface area contributed by atoms with Crippen LogP contribution in [0.5, 0.6) is 0 Å². The van der Waals surface area contributed by atoms with Gasteiger partial charge in [-0.25, -0.2) is 0 Å². The summed E-state index contributed by atoms with van der Waals surface area (Å²) < 4.78 is 0. The third-order valence-corrected chi connectivity index (χ3v) is 4.69. The lowest BCUT2D eigenvalue weighted by molar-refractivity contribution is 0.133. The molecule has 5 heteroatoms. The van der Waals surface area contributed by atoms with Crippen molar-refractivity contribution in [2.45, 2.75) is 43.2 Å². The molecule has 0 aliphatic carbocycles. The van der Waals surface area contributed by atoms with E-state index in [1.54, 1.807) is 6.07 Å². The maximum atomic E-state index is 9.64. The molecule has 0 radical (unpaired) electrons. The van der Waals surface area contributed by atoms with Gasteiger partial charge in [0, 0.05) is 12.1 Å². The van der Waals surface area contributed by atoms with E-state index in [2.05, 4.69) is 28.2 Å². The van der Waals surface area contributed by atoms with Gasteiger partial charge in [-0.05, 0) is 44.9 Å². The fraction of sp³-hybridized carbons (Fsp3) is 0.615. The molecular formula is C13H15ClN4. The molecular weight excluding hydrogens is 248 g/mol. The molecule has 2 atom stereocenters. The molecule has 2 bridgehead atoms. The smallest absolute Gasteiger partial charge is 0.151 e. The van der Waals surface area contributed by atoms with E-state index in [0.29, 0.717) is 17.2 Å². The molecule has 18 heavy (non-hydrogen) atoms. The molecule has 2 fully saturated rings. The molecule has 2 aliphatic heterocycles. The van der Waals surface area contributed by atoms with Crippen molar-refractivity contribution in [3.63, 3.8) is 0 Å². The quantitative estimate of drug-likeness (QED) is 0.778. The highest BCUT2D eigenvalue weighted by molar-refractivity contribution is 6.29. The fourth-order valence-electron chi connectivity index (χ4n) is 3.40. The topological polar surface area (TPSA) is 52.8 Å². The maximum Gasteiger partial charge on any atom is 0.151 e. The summed E-state index contributed by atoms with van der Waals surface area (Å²) in [5, 5.41) is 18.1. The lowest BCUT2D eigenvalue weighted by Crippen LogP contribution is -2.47. The minimum Gasteiger partial charge on any atom is -0.300 e. The van der Waals surface area contributed by atoms with Crippen LogP contribution >= 0.6 is 11.6 Å². The molecule has 2 saturated heterocycles. The van der Waals surface area contributed by atoms with Crippen molar-refractivity contribution in [3.05, 3.63) is 23.0 Å². The molecule has 4 nitrogen and oxygen atoms in total. The Morgan fingerprint density at radius 1 is 1.33 bits per heavy atom. The van der Waals surface area contributed by atoms with Gasteiger partial charge < -0.3 is 4.90 Å². The molecule has 0 saturated carbocycles. The third kappa shape index (κ3) is 1.70. The lowest BCUT2D eigenvalue weighted by Gasteiger charge is -2.40. The average molecular weight is 263 g/mol. The van der Waals surface area contributed by atoms with Gasteiger partial charge in [0.25, 0.3) is 0 Å². The molecule has 2 aliphatic rings. The van der Waals surface area contributed by atoms with Crippen molar-refractivity contribution >= 4 is 11.6 Å². The highest BCUT2D eigenvalue weighted by atomic mass is 35.5. The normalized spacial score (nSPS) is 35.4. The van der Waals surface area contributed by atoms with Crippen LogP contribution in [0.4, 0.5) is 0 Å². The summed E-state index contributed by atoms with van der Waals surface area (Å²) in [6, 6.07) is 7.08. The van der Waals surface area contributed by atoms with Crippen molar-refractivity contribution in [3.8, 4) is 6.07 Å². The van der Waals surface area contributed by atoms with E-state index in [-0.39, 0.29) is 0 Å². The summed E-state index contributed by atoms with van der Waals surface area (Å²) in [7, 11) is 2.16. The second-order valence-electron chi connectivity index (χ2n) is 5.39. The Morgan fingerprint density at radius 2 is 2.00 bits per heavy atom. The van der Waals surface area contributed by atoms with Gasteiger partial charge in [-0.2, -0.15) is 10.4 Å². The molecule has 0 N–H and O–H groups in total. The molecule has 3 rings (SSSR count). The highest BCUT2D eigenvalue weighted by Crippen LogP contribution is 2.45. The van der Waals surface area contributed by atoms with Gasteiger partial charge in [0.05, 0.1) is 11.8 Å². The van der Waals surface area contributed by atoms with Crippen molar-refractivity contribution < 1.29 is 0 Å². The number of fused-ring (bicyclic) bond motifs is 2. The Kier molecular flexibility index (Phi) is 2.76. The van der Waals surface area contributed by atoms with Crippen LogP contribution in [0, 0.1) is 11.3 Å². The zero-order valence-electron chi connectivity index (χ0n) is 10.3. The number of hydrogen-bond acceptors (Lipinski definition) is 4. The second-order valence-corrected chi connectivity index (χ2v) is 5.78. The van der Waals surface area contributed by atoms with Crippen LogP contribution in [0.3, 0.4) is 0 Å². The molecule has 3 heterocycles. The number of hydrogen-bond donors (Lipinski definition) is 0. The molecule has 0 aromatic carbocycles. The summed E-state index contributed by atoms with van der Waals surface area (Å²) in [6.07, 6.45) is 4.08. The van der Waals surface area contributed by atoms with Crippen LogP contribution in [0.2, 0.25) is 5.15 Å². The first-order chi connectivity index (χ1) is 8.64. The van der Waals surface area contributed by atoms with E-state index in [1.165, 1.54) is 12.8 Å². The summed E-state index contributed by atoms with van der Waals surface area (Å²) in [4.78, 5) is 2.42. The standard InChI is InChI=1S/C13H15ClN4/c1-18-9-2-3-10(18)7-13(6-9,8-15)11-4-5-12(14)17-16-11/h4-5,9-10H,2-3,6-7H2,1H3. The summed E-state index contributed by atoms with van der Waals surface area (Å²) >= 11 is 5.77. The Morgan fingerprint density at radius 3 is 2.50 bits per heavy atom. The van der Waals surface area contributed by atoms with E-state index in [4.69, 9.17) is 11.6 Å². The van der Waals surface area contributed by atoms with Gasteiger partial charge in [0.2, 0.25) is 0 Å². The Hall–Kier alpha value is -1.18. The Labute approximate surface area is 112 Å². The molecule has 94 valence electrons. The predicted octanol–water partition coefficient (Wildman–Crippen LogP) is 2.15. The zero-order chi connectivity index (χ0) is 12.8. The minimum absolute atomic E-state index is 0.378. The summed E-state index contributed by atoms with van der Waals surface area (Å²) in [6.45, 7) is 0. The number of aromatic nitrogens is 2. The summed E-state index contributed by atoms with van der Waals surface area (Å²) in [5.41, 5.74) is 0.301. The van der Waals surface area contributed by atoms with Gasteiger partial charge in [-0.3, -0.25) is 0 Å². The highest BCUT2D eigenvalue weighted by Gasteiger charge is 2.49. The zero-order valence-corrected chi connectivity index (χ0v) is 11.1. The van der Waals surface area contributed by atoms with Crippen molar-refractivity contribution in [2.24, 2.45) is 0 Å². The van der Waals surface area contributed by atoms with Crippen LogP contribution < -0.4 is 0 Å². The average Bonchev–Trinajstić information content (AvgIpc) is 2.63. The first-order valence-electron chi connectivity index (χ1n) is 6.27. The lowest BCUT2D eigenvalue weighted by atomic mass is 9.73. The van der Waals surface area contributed by atoms with Gasteiger partial charge in [0.15, 0.2) is 5.15 Å². The van der Waals surface area contributed by atoms with Crippen LogP contribution in [0.15, 0.2) is 12.1 Å². The summed E-state index contributed by atoms with van der Waals surface area (Å²) in [5.74, 6) is 0. The van der Waals surface area contributed by atoms with E-state index >= 15 is 0 Å². The SMILES string of the molecule is CN1C2CCC1CC(C#N)(c1ccc(Cl)nn1)C2. The Balaban J connectivity index is 1.97. The molecule has 1 aromatic heterocycles. The molecule has 0 spiro atoms. The number of rotatable bonds is 1. The van der Waals surface area contributed by atoms with Crippen LogP contribution in [-0.2, 0) is 5.41 Å². The first-order valence-corrected chi connectivity index (χ1v) is 6.65. The maximum absolute atomic E-state index is 9.64. The van der Waals surface area contributed by atoms with E-state index in [9.17, 15) is 5.26 Å². The van der Waals surface area contributed by atoms with Gasteiger partial charge in [-0.15, -0.1) is 5.10 Å². The van der Waals surface area contributed by atoms with Crippen molar-refractivity contribution in [2.75, 3.05) is 7.05 Å². The van der Waals surface area contributed by atoms with E-state index < -0.39 is 5.41 Å². The van der Waals surface area contributed by atoms with Crippen LogP contribution in [0.1, 0.15) is 31.4 Å². The first kappa shape index (κ1) is 11.9. The number of halogens is 1. The Bertz CT molecular complexity index is 479. The molecule has 0 amide bonds. The largest absolute Gasteiger partial charge is 0.300 e. The van der Waals surface area contributed by atoms with Gasteiger partial charge >= 0.3 is 0 Å². The number of nitriles is 1. The fourth-order valence-corrected chi connectivity index (χ4v) is 3.50. The predicted molar refractivity (Wildman–Crippen MR) is 68.1 cm³/mol. The molecule has 2 unspecified atom stereocenters. The number of nitrogens with zero attached hydrogens (tertiary/aromatic N) is 4. The van der Waals surface area contributed by atoms with Crippen LogP contribution in [-0.4, -0.2) is 34.2 Å². The van der Waals surface area contributed by atoms with E-state index in [0.717, 1.165) is 18.5 Å². The van der Waals surface area contributed by atoms with Crippen molar-refractivity contribution in [1.29, 1.82) is 5.26 Å².